The minimum Gasteiger partial charge on any atom is -0.493 e. The number of ketones is 1. The molecule has 0 unspecified atom stereocenters. The molecule has 0 amide bonds. The standard InChI is InChI=1S/C30H35NO5/c1-7-18(3)36-30(33)27-19(4)31-23-14-22(21-12-13-25(34-5)26(16-21)35-6)15-24(32)29(23)28(27)20-10-8-17(2)9-11-20/h8-13,16,18,22,28,31H,7,14-15H2,1-6H3/t18-,22-,28+/m1/s1. The number of nitrogens with one attached hydrogen (secondary N) is 1. The van der Waals surface area contributed by atoms with E-state index in [1.54, 1.807) is 14.2 Å². The van der Waals surface area contributed by atoms with E-state index in [-0.39, 0.29) is 23.8 Å². The number of dihydropyridines is 1. The summed E-state index contributed by atoms with van der Waals surface area (Å²) in [5.41, 5.74) is 5.83. The first-order valence-corrected chi connectivity index (χ1v) is 12.5. The van der Waals surface area contributed by atoms with Crippen LogP contribution in [0.1, 0.15) is 68.6 Å². The van der Waals surface area contributed by atoms with Crippen molar-refractivity contribution < 1.29 is 23.8 Å². The predicted octanol–water partition coefficient (Wildman–Crippen LogP) is 5.72. The van der Waals surface area contributed by atoms with E-state index >= 15 is 0 Å². The molecule has 2 aliphatic rings. The summed E-state index contributed by atoms with van der Waals surface area (Å²) in [7, 11) is 3.21. The van der Waals surface area contributed by atoms with Gasteiger partial charge >= 0.3 is 5.97 Å². The third-order valence-corrected chi connectivity index (χ3v) is 7.22. The summed E-state index contributed by atoms with van der Waals surface area (Å²) < 4.78 is 16.6. The lowest BCUT2D eigenvalue weighted by Crippen LogP contribution is -2.36. The highest BCUT2D eigenvalue weighted by atomic mass is 16.5. The van der Waals surface area contributed by atoms with Crippen LogP contribution in [-0.4, -0.2) is 32.1 Å². The maximum absolute atomic E-state index is 13.8. The maximum Gasteiger partial charge on any atom is 0.337 e. The number of carbonyl (C=O) groups excluding carboxylic acids is 2. The number of Topliss-reactive ketones (excluding diaryl/α,β-unsaturated/α-hetero) is 1. The molecule has 6 heteroatoms. The Morgan fingerprint density at radius 1 is 1.00 bits per heavy atom. The van der Waals surface area contributed by atoms with Crippen molar-refractivity contribution in [2.75, 3.05) is 14.2 Å². The number of hydrogen-bond acceptors (Lipinski definition) is 6. The zero-order valence-corrected chi connectivity index (χ0v) is 21.9. The number of hydrogen-bond donors (Lipinski definition) is 1. The van der Waals surface area contributed by atoms with Crippen molar-refractivity contribution in [3.8, 4) is 11.5 Å². The molecular weight excluding hydrogens is 454 g/mol. The lowest BCUT2D eigenvalue weighted by molar-refractivity contribution is -0.144. The van der Waals surface area contributed by atoms with Crippen LogP contribution >= 0.6 is 0 Å². The van der Waals surface area contributed by atoms with E-state index in [1.807, 2.05) is 70.2 Å². The third kappa shape index (κ3) is 4.90. The van der Waals surface area contributed by atoms with Crippen LogP contribution in [0, 0.1) is 6.92 Å². The smallest absolute Gasteiger partial charge is 0.337 e. The molecule has 2 aromatic rings. The predicted molar refractivity (Wildman–Crippen MR) is 139 cm³/mol. The van der Waals surface area contributed by atoms with Crippen LogP contribution in [0.25, 0.3) is 0 Å². The number of benzene rings is 2. The van der Waals surface area contributed by atoms with E-state index in [0.717, 1.165) is 34.5 Å². The molecule has 0 fully saturated rings. The summed E-state index contributed by atoms with van der Waals surface area (Å²) in [6.45, 7) is 7.78. The van der Waals surface area contributed by atoms with Gasteiger partial charge < -0.3 is 19.5 Å². The summed E-state index contributed by atoms with van der Waals surface area (Å²) in [4.78, 5) is 27.1. The van der Waals surface area contributed by atoms with Gasteiger partial charge in [-0.05, 0) is 62.8 Å². The SMILES string of the molecule is CC[C@@H](C)OC(=O)C1=C(C)NC2=C(C(=O)C[C@H](c3ccc(OC)c(OC)c3)C2)[C@H]1c1ccc(C)cc1. The molecule has 2 aromatic carbocycles. The van der Waals surface area contributed by atoms with E-state index in [0.29, 0.717) is 35.5 Å². The molecule has 0 saturated carbocycles. The molecular formula is C30H35NO5. The Kier molecular flexibility index (Phi) is 7.53. The van der Waals surface area contributed by atoms with Gasteiger partial charge in [0.2, 0.25) is 0 Å². The summed E-state index contributed by atoms with van der Waals surface area (Å²) in [6.07, 6.45) is 1.53. The van der Waals surface area contributed by atoms with E-state index in [1.165, 1.54) is 0 Å². The van der Waals surface area contributed by atoms with Crippen molar-refractivity contribution in [3.63, 3.8) is 0 Å². The second-order valence-corrected chi connectivity index (χ2v) is 9.67. The number of aryl methyl sites for hydroxylation is 1. The zero-order valence-electron chi connectivity index (χ0n) is 21.9. The van der Waals surface area contributed by atoms with Gasteiger partial charge in [0, 0.05) is 29.3 Å². The summed E-state index contributed by atoms with van der Waals surface area (Å²) in [5.74, 6) is 0.488. The first-order chi connectivity index (χ1) is 17.3. The second-order valence-electron chi connectivity index (χ2n) is 9.67. The fourth-order valence-corrected chi connectivity index (χ4v) is 5.07. The van der Waals surface area contributed by atoms with Crippen molar-refractivity contribution in [1.29, 1.82) is 0 Å². The van der Waals surface area contributed by atoms with Gasteiger partial charge in [0.05, 0.1) is 25.9 Å². The molecule has 0 saturated heterocycles. The third-order valence-electron chi connectivity index (χ3n) is 7.22. The number of ether oxygens (including phenoxy) is 3. The van der Waals surface area contributed by atoms with E-state index in [9.17, 15) is 9.59 Å². The number of carbonyl (C=O) groups is 2. The molecule has 190 valence electrons. The maximum atomic E-state index is 13.8. The molecule has 3 atom stereocenters. The molecule has 0 radical (unpaired) electrons. The highest BCUT2D eigenvalue weighted by Gasteiger charge is 2.41. The number of rotatable bonds is 7. The number of esters is 1. The fraction of sp³-hybridized carbons (Fsp3) is 0.400. The van der Waals surface area contributed by atoms with Gasteiger partial charge in [0.15, 0.2) is 17.3 Å². The summed E-state index contributed by atoms with van der Waals surface area (Å²) >= 11 is 0. The van der Waals surface area contributed by atoms with Crippen LogP contribution in [0.2, 0.25) is 0 Å². The average molecular weight is 490 g/mol. The van der Waals surface area contributed by atoms with Gasteiger partial charge in [-0.15, -0.1) is 0 Å². The lowest BCUT2D eigenvalue weighted by Gasteiger charge is -2.37. The minimum absolute atomic E-state index is 0.0105. The fourth-order valence-electron chi connectivity index (χ4n) is 5.07. The molecule has 1 aliphatic heterocycles. The van der Waals surface area contributed by atoms with Gasteiger partial charge in [0.1, 0.15) is 0 Å². The Morgan fingerprint density at radius 2 is 1.67 bits per heavy atom. The van der Waals surface area contributed by atoms with Gasteiger partial charge in [-0.3, -0.25) is 4.79 Å². The van der Waals surface area contributed by atoms with E-state index < -0.39 is 5.92 Å². The molecule has 6 nitrogen and oxygen atoms in total. The first kappa shape index (κ1) is 25.5. The van der Waals surface area contributed by atoms with Gasteiger partial charge in [-0.25, -0.2) is 4.79 Å². The van der Waals surface area contributed by atoms with Crippen LogP contribution in [0.15, 0.2) is 65.0 Å². The monoisotopic (exact) mass is 489 g/mol. The number of allylic oxidation sites excluding steroid dienone is 3. The van der Waals surface area contributed by atoms with E-state index in [4.69, 9.17) is 14.2 Å². The zero-order chi connectivity index (χ0) is 26.0. The molecule has 0 spiro atoms. The highest BCUT2D eigenvalue weighted by Crippen LogP contribution is 2.46. The van der Waals surface area contributed by atoms with Crippen molar-refractivity contribution in [3.05, 3.63) is 81.7 Å². The Morgan fingerprint density at radius 3 is 2.31 bits per heavy atom. The minimum atomic E-state index is -0.461. The Bertz CT molecular complexity index is 1220. The molecule has 1 heterocycles. The van der Waals surface area contributed by atoms with Crippen molar-refractivity contribution >= 4 is 11.8 Å². The molecule has 1 N–H and O–H groups in total. The average Bonchev–Trinajstić information content (AvgIpc) is 2.87. The van der Waals surface area contributed by atoms with Crippen LogP contribution in [0.3, 0.4) is 0 Å². The van der Waals surface area contributed by atoms with Gasteiger partial charge in [-0.1, -0.05) is 42.8 Å². The van der Waals surface area contributed by atoms with E-state index in [2.05, 4.69) is 5.32 Å². The Labute approximate surface area is 213 Å². The van der Waals surface area contributed by atoms with Gasteiger partial charge in [-0.2, -0.15) is 0 Å². The lowest BCUT2D eigenvalue weighted by atomic mass is 9.71. The summed E-state index contributed by atoms with van der Waals surface area (Å²) in [5, 5.41) is 3.41. The van der Waals surface area contributed by atoms with Crippen molar-refractivity contribution in [2.45, 2.75) is 64.9 Å². The molecule has 4 rings (SSSR count). The van der Waals surface area contributed by atoms with Gasteiger partial charge in [0.25, 0.3) is 0 Å². The second kappa shape index (κ2) is 10.6. The molecule has 1 aliphatic carbocycles. The topological polar surface area (TPSA) is 73.9 Å². The Balaban J connectivity index is 1.76. The highest BCUT2D eigenvalue weighted by molar-refractivity contribution is 6.04. The molecule has 0 aromatic heterocycles. The van der Waals surface area contributed by atoms with Crippen molar-refractivity contribution in [1.82, 2.24) is 5.32 Å². The molecule has 0 bridgehead atoms. The largest absolute Gasteiger partial charge is 0.493 e. The van der Waals surface area contributed by atoms with Crippen LogP contribution in [0.5, 0.6) is 11.5 Å². The van der Waals surface area contributed by atoms with Crippen LogP contribution in [0.4, 0.5) is 0 Å². The number of methoxy groups -OCH3 is 2. The van der Waals surface area contributed by atoms with Crippen molar-refractivity contribution in [2.24, 2.45) is 0 Å². The normalized spacial score (nSPS) is 20.4. The summed E-state index contributed by atoms with van der Waals surface area (Å²) in [6, 6.07) is 13.9. The molecule has 36 heavy (non-hydrogen) atoms. The quantitative estimate of drug-likeness (QED) is 0.502. The first-order valence-electron chi connectivity index (χ1n) is 12.5. The Hall–Kier alpha value is -3.54. The van der Waals surface area contributed by atoms with Crippen LogP contribution in [-0.2, 0) is 14.3 Å². The van der Waals surface area contributed by atoms with Crippen LogP contribution < -0.4 is 14.8 Å².